The molecular formula is C14H7Br2NOS. The Kier molecular flexibility index (Phi) is 3.52. The molecule has 19 heavy (non-hydrogen) atoms. The summed E-state index contributed by atoms with van der Waals surface area (Å²) in [5, 5.41) is 0.879. The molecule has 0 fully saturated rings. The summed E-state index contributed by atoms with van der Waals surface area (Å²) in [5.41, 5.74) is 2.18. The lowest BCUT2D eigenvalue weighted by atomic mass is 10.0. The zero-order valence-corrected chi connectivity index (χ0v) is 13.5. The molecule has 5 heteroatoms. The van der Waals surface area contributed by atoms with Gasteiger partial charge in [-0.15, -0.1) is 11.3 Å². The summed E-state index contributed by atoms with van der Waals surface area (Å²) in [5.74, 6) is 0.00688. The maximum atomic E-state index is 12.6. The molecule has 3 rings (SSSR count). The van der Waals surface area contributed by atoms with Crippen LogP contribution in [0.1, 0.15) is 15.9 Å². The van der Waals surface area contributed by atoms with Crippen LogP contribution in [0.25, 0.3) is 10.9 Å². The second-order valence-electron chi connectivity index (χ2n) is 3.94. The number of hydrogen-bond donors (Lipinski definition) is 0. The Morgan fingerprint density at radius 3 is 2.68 bits per heavy atom. The van der Waals surface area contributed by atoms with Crippen molar-refractivity contribution in [1.82, 2.24) is 4.98 Å². The monoisotopic (exact) mass is 395 g/mol. The average Bonchev–Trinajstić information content (AvgIpc) is 2.76. The fourth-order valence-corrected chi connectivity index (χ4v) is 4.73. The first kappa shape index (κ1) is 13.0. The van der Waals surface area contributed by atoms with Crippen LogP contribution in [-0.2, 0) is 0 Å². The number of hydrogen-bond acceptors (Lipinski definition) is 3. The Balaban J connectivity index is 2.19. The highest BCUT2D eigenvalue weighted by Gasteiger charge is 2.17. The Morgan fingerprint density at radius 2 is 1.95 bits per heavy atom. The molecule has 0 N–H and O–H groups in total. The van der Waals surface area contributed by atoms with Crippen molar-refractivity contribution in [2.75, 3.05) is 0 Å². The summed E-state index contributed by atoms with van der Waals surface area (Å²) >= 11 is 8.32. The molecule has 0 aliphatic heterocycles. The summed E-state index contributed by atoms with van der Waals surface area (Å²) in [6.45, 7) is 0. The van der Waals surface area contributed by atoms with Crippen molar-refractivity contribution < 1.29 is 4.79 Å². The number of aromatic nitrogens is 1. The maximum Gasteiger partial charge on any atom is 0.195 e. The zero-order valence-electron chi connectivity index (χ0n) is 9.56. The van der Waals surface area contributed by atoms with Crippen molar-refractivity contribution in [3.8, 4) is 0 Å². The Bertz CT molecular complexity index is 777. The van der Waals surface area contributed by atoms with E-state index < -0.39 is 0 Å². The SMILES string of the molecule is O=C(c1cc(Br)sc1Br)c1cccc2ncccc12. The van der Waals surface area contributed by atoms with Crippen LogP contribution in [0.2, 0.25) is 0 Å². The molecule has 0 atom stereocenters. The van der Waals surface area contributed by atoms with E-state index in [1.54, 1.807) is 6.20 Å². The minimum Gasteiger partial charge on any atom is -0.289 e. The predicted octanol–water partition coefficient (Wildman–Crippen LogP) is 5.05. The standard InChI is InChI=1S/C14H7Br2NOS/c15-12-7-10(14(16)19-12)13(18)9-3-1-5-11-8(9)4-2-6-17-11/h1-7H. The van der Waals surface area contributed by atoms with E-state index in [1.165, 1.54) is 11.3 Å². The number of benzene rings is 1. The quantitative estimate of drug-likeness (QED) is 0.567. The number of ketones is 1. The molecule has 0 aliphatic carbocycles. The number of thiophene rings is 1. The number of fused-ring (bicyclic) bond motifs is 1. The summed E-state index contributed by atoms with van der Waals surface area (Å²) in [7, 11) is 0. The average molecular weight is 397 g/mol. The van der Waals surface area contributed by atoms with Gasteiger partial charge in [0, 0.05) is 22.7 Å². The first-order valence-electron chi connectivity index (χ1n) is 5.50. The largest absolute Gasteiger partial charge is 0.289 e. The van der Waals surface area contributed by atoms with Crippen molar-refractivity contribution in [1.29, 1.82) is 0 Å². The lowest BCUT2D eigenvalue weighted by molar-refractivity contribution is 0.104. The third kappa shape index (κ3) is 2.38. The van der Waals surface area contributed by atoms with Gasteiger partial charge in [0.2, 0.25) is 0 Å². The molecule has 0 amide bonds. The molecule has 0 spiro atoms. The molecule has 1 aromatic carbocycles. The van der Waals surface area contributed by atoms with Gasteiger partial charge in [0.25, 0.3) is 0 Å². The van der Waals surface area contributed by atoms with Gasteiger partial charge in [0.1, 0.15) is 0 Å². The topological polar surface area (TPSA) is 30.0 Å². The van der Waals surface area contributed by atoms with E-state index in [9.17, 15) is 4.79 Å². The fraction of sp³-hybridized carbons (Fsp3) is 0. The van der Waals surface area contributed by atoms with Crippen LogP contribution in [0, 0.1) is 0 Å². The summed E-state index contributed by atoms with van der Waals surface area (Å²) in [4.78, 5) is 16.9. The third-order valence-electron chi connectivity index (χ3n) is 2.79. The molecule has 0 aliphatic rings. The molecule has 2 nitrogen and oxygen atoms in total. The predicted molar refractivity (Wildman–Crippen MR) is 84.9 cm³/mol. The maximum absolute atomic E-state index is 12.6. The van der Waals surface area contributed by atoms with Crippen molar-refractivity contribution in [2.45, 2.75) is 0 Å². The van der Waals surface area contributed by atoms with Gasteiger partial charge in [-0.1, -0.05) is 18.2 Å². The van der Waals surface area contributed by atoms with Gasteiger partial charge in [0.15, 0.2) is 5.78 Å². The van der Waals surface area contributed by atoms with Gasteiger partial charge in [0.05, 0.1) is 13.1 Å². The number of carbonyl (C=O) groups is 1. The van der Waals surface area contributed by atoms with Gasteiger partial charge in [-0.05, 0) is 50.1 Å². The van der Waals surface area contributed by atoms with Gasteiger partial charge in [-0.2, -0.15) is 0 Å². The van der Waals surface area contributed by atoms with E-state index in [2.05, 4.69) is 36.8 Å². The Labute approximate surface area is 130 Å². The minimum absolute atomic E-state index is 0.00688. The van der Waals surface area contributed by atoms with E-state index in [0.717, 1.165) is 18.5 Å². The fourth-order valence-electron chi connectivity index (χ4n) is 1.94. The Hall–Kier alpha value is -1.04. The lowest BCUT2D eigenvalue weighted by Crippen LogP contribution is -2.01. The van der Waals surface area contributed by atoms with Gasteiger partial charge in [-0.3, -0.25) is 9.78 Å². The first-order valence-corrected chi connectivity index (χ1v) is 7.90. The van der Waals surface area contributed by atoms with E-state index >= 15 is 0 Å². The summed E-state index contributed by atoms with van der Waals surface area (Å²) < 4.78 is 1.77. The van der Waals surface area contributed by atoms with Crippen molar-refractivity contribution in [2.24, 2.45) is 0 Å². The normalized spacial score (nSPS) is 10.8. The molecule has 0 unspecified atom stereocenters. The number of halogens is 2. The second kappa shape index (κ2) is 5.15. The molecule has 0 saturated carbocycles. The van der Waals surface area contributed by atoms with E-state index in [-0.39, 0.29) is 5.78 Å². The number of nitrogens with zero attached hydrogens (tertiary/aromatic N) is 1. The molecule has 2 aromatic heterocycles. The van der Waals surface area contributed by atoms with Gasteiger partial charge < -0.3 is 0 Å². The molecule has 3 aromatic rings. The Morgan fingerprint density at radius 1 is 1.11 bits per heavy atom. The number of pyridine rings is 1. The van der Waals surface area contributed by atoms with Crippen molar-refractivity contribution >= 4 is 59.9 Å². The second-order valence-corrected chi connectivity index (χ2v) is 7.69. The molecule has 2 heterocycles. The van der Waals surface area contributed by atoms with Crippen LogP contribution in [0.4, 0.5) is 0 Å². The van der Waals surface area contributed by atoms with E-state index in [1.807, 2.05) is 36.4 Å². The van der Waals surface area contributed by atoms with Crippen LogP contribution in [-0.4, -0.2) is 10.8 Å². The highest BCUT2D eigenvalue weighted by Crippen LogP contribution is 2.34. The lowest BCUT2D eigenvalue weighted by Gasteiger charge is -2.04. The smallest absolute Gasteiger partial charge is 0.195 e. The first-order chi connectivity index (χ1) is 9.16. The van der Waals surface area contributed by atoms with Crippen LogP contribution in [0.15, 0.2) is 50.2 Å². The molecular weight excluding hydrogens is 390 g/mol. The van der Waals surface area contributed by atoms with Gasteiger partial charge >= 0.3 is 0 Å². The van der Waals surface area contributed by atoms with Crippen molar-refractivity contribution in [3.63, 3.8) is 0 Å². The van der Waals surface area contributed by atoms with E-state index in [0.29, 0.717) is 11.1 Å². The minimum atomic E-state index is 0.00688. The summed E-state index contributed by atoms with van der Waals surface area (Å²) in [6.07, 6.45) is 1.73. The van der Waals surface area contributed by atoms with Crippen LogP contribution >= 0.6 is 43.2 Å². The highest BCUT2D eigenvalue weighted by molar-refractivity contribution is 9.12. The molecule has 0 bridgehead atoms. The molecule has 0 saturated heterocycles. The number of rotatable bonds is 2. The third-order valence-corrected chi connectivity index (χ3v) is 5.13. The van der Waals surface area contributed by atoms with Crippen LogP contribution in [0.5, 0.6) is 0 Å². The molecule has 0 radical (unpaired) electrons. The van der Waals surface area contributed by atoms with Crippen LogP contribution < -0.4 is 0 Å². The highest BCUT2D eigenvalue weighted by atomic mass is 79.9. The molecule has 94 valence electrons. The zero-order chi connectivity index (χ0) is 13.4. The van der Waals surface area contributed by atoms with Crippen molar-refractivity contribution in [3.05, 3.63) is 61.3 Å². The van der Waals surface area contributed by atoms with Gasteiger partial charge in [-0.25, -0.2) is 0 Å². The van der Waals surface area contributed by atoms with E-state index in [4.69, 9.17) is 0 Å². The van der Waals surface area contributed by atoms with Crippen LogP contribution in [0.3, 0.4) is 0 Å². The summed E-state index contributed by atoms with van der Waals surface area (Å²) in [6, 6.07) is 11.2. The number of carbonyl (C=O) groups excluding carboxylic acids is 1.